The van der Waals surface area contributed by atoms with E-state index in [2.05, 4.69) is 6.92 Å². The molecule has 0 unspecified atom stereocenters. The van der Waals surface area contributed by atoms with Gasteiger partial charge in [0.2, 0.25) is 0 Å². The van der Waals surface area contributed by atoms with Gasteiger partial charge in [-0.3, -0.25) is 0 Å². The van der Waals surface area contributed by atoms with Crippen LogP contribution in [0.4, 0.5) is 0 Å². The minimum absolute atomic E-state index is 0.469. The highest BCUT2D eigenvalue weighted by molar-refractivity contribution is 5.86. The molecule has 0 aliphatic carbocycles. The van der Waals surface area contributed by atoms with Gasteiger partial charge in [0, 0.05) is 5.57 Å². The van der Waals surface area contributed by atoms with E-state index in [-0.39, 0.29) is 0 Å². The summed E-state index contributed by atoms with van der Waals surface area (Å²) in [6.45, 7) is 4.02. The fraction of sp³-hybridized carbons (Fsp3) is 0.583. The Labute approximate surface area is 86.3 Å². The number of allylic oxidation sites excluding steroid dienone is 3. The van der Waals surface area contributed by atoms with E-state index in [1.807, 2.05) is 19.1 Å². The maximum absolute atomic E-state index is 10.6. The van der Waals surface area contributed by atoms with Crippen LogP contribution in [0.15, 0.2) is 23.8 Å². The predicted octanol–water partition coefficient (Wildman–Crippen LogP) is 3.54. The number of hydrogen-bond donors (Lipinski definition) is 1. The highest BCUT2D eigenvalue weighted by Crippen LogP contribution is 2.03. The van der Waals surface area contributed by atoms with Gasteiger partial charge >= 0.3 is 5.97 Å². The highest BCUT2D eigenvalue weighted by atomic mass is 16.4. The normalized spacial score (nSPS) is 12.3. The summed E-state index contributed by atoms with van der Waals surface area (Å²) in [5, 5.41) is 8.71. The Morgan fingerprint density at radius 2 is 2.00 bits per heavy atom. The van der Waals surface area contributed by atoms with E-state index >= 15 is 0 Å². The first-order chi connectivity index (χ1) is 6.72. The first-order valence-corrected chi connectivity index (χ1v) is 5.31. The third-order valence-electron chi connectivity index (χ3n) is 2.06. The maximum atomic E-state index is 10.6. The van der Waals surface area contributed by atoms with Gasteiger partial charge in [-0.25, -0.2) is 4.79 Å². The van der Waals surface area contributed by atoms with Crippen molar-refractivity contribution in [1.82, 2.24) is 0 Å². The van der Waals surface area contributed by atoms with Crippen molar-refractivity contribution in [3.05, 3.63) is 23.8 Å². The number of unbranched alkanes of at least 4 members (excludes halogenated alkanes) is 3. The SMILES string of the molecule is CCCCC/C=C/C=C(/CC)C(=O)O. The first-order valence-electron chi connectivity index (χ1n) is 5.31. The van der Waals surface area contributed by atoms with Crippen LogP contribution in [-0.2, 0) is 4.79 Å². The lowest BCUT2D eigenvalue weighted by Gasteiger charge is -1.94. The zero-order valence-electron chi connectivity index (χ0n) is 9.12. The van der Waals surface area contributed by atoms with Crippen molar-refractivity contribution < 1.29 is 9.90 Å². The zero-order valence-corrected chi connectivity index (χ0v) is 9.12. The van der Waals surface area contributed by atoms with E-state index in [9.17, 15) is 4.79 Å². The van der Waals surface area contributed by atoms with E-state index in [0.717, 1.165) is 6.42 Å². The Bertz CT molecular complexity index is 214. The van der Waals surface area contributed by atoms with Crippen molar-refractivity contribution >= 4 is 5.97 Å². The molecule has 2 nitrogen and oxygen atoms in total. The molecule has 0 amide bonds. The molecule has 0 saturated carbocycles. The van der Waals surface area contributed by atoms with Gasteiger partial charge in [0.05, 0.1) is 0 Å². The molecule has 0 fully saturated rings. The number of carbonyl (C=O) groups is 1. The molecule has 80 valence electrons. The van der Waals surface area contributed by atoms with Crippen molar-refractivity contribution in [2.24, 2.45) is 0 Å². The van der Waals surface area contributed by atoms with E-state index < -0.39 is 5.97 Å². The van der Waals surface area contributed by atoms with Crippen molar-refractivity contribution in [2.45, 2.75) is 46.0 Å². The molecule has 0 heterocycles. The lowest BCUT2D eigenvalue weighted by atomic mass is 10.1. The molecule has 0 bridgehead atoms. The summed E-state index contributed by atoms with van der Waals surface area (Å²) in [7, 11) is 0. The van der Waals surface area contributed by atoms with Crippen LogP contribution in [0, 0.1) is 0 Å². The van der Waals surface area contributed by atoms with E-state index in [0.29, 0.717) is 12.0 Å². The third-order valence-corrected chi connectivity index (χ3v) is 2.06. The number of hydrogen-bond acceptors (Lipinski definition) is 1. The third kappa shape index (κ3) is 6.46. The summed E-state index contributed by atoms with van der Waals surface area (Å²) in [5.41, 5.74) is 0.469. The molecule has 0 radical (unpaired) electrons. The molecular formula is C12H20O2. The predicted molar refractivity (Wildman–Crippen MR) is 59.3 cm³/mol. The molecule has 0 rings (SSSR count). The summed E-state index contributed by atoms with van der Waals surface area (Å²) >= 11 is 0. The van der Waals surface area contributed by atoms with Crippen molar-refractivity contribution in [3.8, 4) is 0 Å². The quantitative estimate of drug-likeness (QED) is 0.384. The molecule has 14 heavy (non-hydrogen) atoms. The molecule has 0 saturated heterocycles. The Hall–Kier alpha value is -1.05. The number of carboxylic acids is 1. The second-order valence-corrected chi connectivity index (χ2v) is 3.27. The number of rotatable bonds is 7. The van der Waals surface area contributed by atoms with Crippen LogP contribution in [0.25, 0.3) is 0 Å². The Kier molecular flexibility index (Phi) is 7.90. The van der Waals surface area contributed by atoms with Crippen LogP contribution in [0.5, 0.6) is 0 Å². The van der Waals surface area contributed by atoms with Gasteiger partial charge < -0.3 is 5.11 Å². The fourth-order valence-corrected chi connectivity index (χ4v) is 1.13. The van der Waals surface area contributed by atoms with Crippen LogP contribution in [0.3, 0.4) is 0 Å². The Balaban J connectivity index is 3.81. The van der Waals surface area contributed by atoms with E-state index in [4.69, 9.17) is 5.11 Å². The minimum atomic E-state index is -0.814. The Morgan fingerprint density at radius 3 is 2.50 bits per heavy atom. The van der Waals surface area contributed by atoms with Crippen molar-refractivity contribution in [1.29, 1.82) is 0 Å². The van der Waals surface area contributed by atoms with E-state index in [1.54, 1.807) is 6.08 Å². The van der Waals surface area contributed by atoms with Gasteiger partial charge in [0.15, 0.2) is 0 Å². The van der Waals surface area contributed by atoms with Gasteiger partial charge in [-0.1, -0.05) is 44.9 Å². The largest absolute Gasteiger partial charge is 0.478 e. The molecule has 1 N–H and O–H groups in total. The molecule has 0 spiro atoms. The summed E-state index contributed by atoms with van der Waals surface area (Å²) in [6, 6.07) is 0. The summed E-state index contributed by atoms with van der Waals surface area (Å²) in [4.78, 5) is 10.6. The van der Waals surface area contributed by atoms with Gasteiger partial charge in [0.1, 0.15) is 0 Å². The first kappa shape index (κ1) is 12.9. The Morgan fingerprint density at radius 1 is 1.29 bits per heavy atom. The molecule has 0 atom stereocenters. The molecule has 2 heteroatoms. The highest BCUT2D eigenvalue weighted by Gasteiger charge is 2.00. The molecule has 0 aromatic heterocycles. The van der Waals surface area contributed by atoms with Gasteiger partial charge in [-0.15, -0.1) is 0 Å². The monoisotopic (exact) mass is 196 g/mol. The molecule has 0 aromatic rings. The second kappa shape index (κ2) is 8.54. The maximum Gasteiger partial charge on any atom is 0.331 e. The molecular weight excluding hydrogens is 176 g/mol. The molecule has 0 aliphatic heterocycles. The molecule has 0 aliphatic rings. The van der Waals surface area contributed by atoms with Crippen molar-refractivity contribution in [3.63, 3.8) is 0 Å². The van der Waals surface area contributed by atoms with Gasteiger partial charge in [-0.05, 0) is 19.3 Å². The lowest BCUT2D eigenvalue weighted by molar-refractivity contribution is -0.132. The standard InChI is InChI=1S/C12H20O2/c1-3-5-6-7-8-9-10-11(4-2)12(13)14/h8-10H,3-7H2,1-2H3,(H,13,14)/b9-8+,11-10-. The molecule has 0 aromatic carbocycles. The van der Waals surface area contributed by atoms with Crippen LogP contribution >= 0.6 is 0 Å². The average molecular weight is 196 g/mol. The summed E-state index contributed by atoms with van der Waals surface area (Å²) in [6.07, 6.45) is 10.8. The van der Waals surface area contributed by atoms with Crippen molar-refractivity contribution in [2.75, 3.05) is 0 Å². The second-order valence-electron chi connectivity index (χ2n) is 3.27. The van der Waals surface area contributed by atoms with Crippen LogP contribution in [-0.4, -0.2) is 11.1 Å². The number of carboxylic acid groups (broad SMARTS) is 1. The fourth-order valence-electron chi connectivity index (χ4n) is 1.13. The van der Waals surface area contributed by atoms with Crippen LogP contribution in [0.2, 0.25) is 0 Å². The van der Waals surface area contributed by atoms with E-state index in [1.165, 1.54) is 19.3 Å². The zero-order chi connectivity index (χ0) is 10.8. The van der Waals surface area contributed by atoms with Crippen LogP contribution < -0.4 is 0 Å². The average Bonchev–Trinajstić information content (AvgIpc) is 2.16. The smallest absolute Gasteiger partial charge is 0.331 e. The van der Waals surface area contributed by atoms with Gasteiger partial charge in [-0.2, -0.15) is 0 Å². The minimum Gasteiger partial charge on any atom is -0.478 e. The number of aliphatic carboxylic acids is 1. The summed E-state index contributed by atoms with van der Waals surface area (Å²) < 4.78 is 0. The van der Waals surface area contributed by atoms with Gasteiger partial charge in [0.25, 0.3) is 0 Å². The topological polar surface area (TPSA) is 37.3 Å². The van der Waals surface area contributed by atoms with Crippen LogP contribution in [0.1, 0.15) is 46.0 Å². The lowest BCUT2D eigenvalue weighted by Crippen LogP contribution is -1.97. The summed E-state index contributed by atoms with van der Waals surface area (Å²) in [5.74, 6) is -0.814.